The van der Waals surface area contributed by atoms with Crippen molar-refractivity contribution >= 4 is 11.6 Å². The highest BCUT2D eigenvalue weighted by atomic mass is 19.1. The van der Waals surface area contributed by atoms with E-state index >= 15 is 0 Å². The third-order valence-electron chi connectivity index (χ3n) is 5.71. The van der Waals surface area contributed by atoms with Crippen LogP contribution < -0.4 is 10.9 Å². The molecule has 0 aliphatic heterocycles. The van der Waals surface area contributed by atoms with Crippen LogP contribution in [0.25, 0.3) is 5.65 Å². The van der Waals surface area contributed by atoms with Crippen molar-refractivity contribution in [3.8, 4) is 0 Å². The summed E-state index contributed by atoms with van der Waals surface area (Å²) in [5.74, 6) is -0.702. The zero-order valence-corrected chi connectivity index (χ0v) is 15.7. The number of carbonyl (C=O) groups excluding carboxylic acids is 1. The summed E-state index contributed by atoms with van der Waals surface area (Å²) < 4.78 is 14.7. The van der Waals surface area contributed by atoms with E-state index in [0.717, 1.165) is 36.8 Å². The third kappa shape index (κ3) is 3.30. The maximum absolute atomic E-state index is 13.3. The molecule has 144 valence electrons. The lowest BCUT2D eigenvalue weighted by molar-refractivity contribution is 0.0941. The first-order chi connectivity index (χ1) is 13.5. The molecule has 0 radical (unpaired) electrons. The molecular formula is C22H22FN3O2. The van der Waals surface area contributed by atoms with E-state index in [2.05, 4.69) is 10.3 Å². The Hall–Kier alpha value is -3.02. The Balaban J connectivity index is 1.58. The molecule has 0 unspecified atom stereocenters. The van der Waals surface area contributed by atoms with Gasteiger partial charge in [0.25, 0.3) is 11.5 Å². The quantitative estimate of drug-likeness (QED) is 0.756. The Morgan fingerprint density at radius 3 is 2.64 bits per heavy atom. The minimum atomic E-state index is -0.430. The second-order valence-corrected chi connectivity index (χ2v) is 7.59. The first-order valence-corrected chi connectivity index (χ1v) is 9.51. The van der Waals surface area contributed by atoms with E-state index in [9.17, 15) is 14.0 Å². The molecule has 1 fully saturated rings. The van der Waals surface area contributed by atoms with Gasteiger partial charge in [0.2, 0.25) is 0 Å². The fourth-order valence-electron chi connectivity index (χ4n) is 4.10. The van der Waals surface area contributed by atoms with Gasteiger partial charge in [-0.25, -0.2) is 9.37 Å². The molecule has 1 aromatic carbocycles. The normalized spacial score (nSPS) is 15.6. The van der Waals surface area contributed by atoms with Gasteiger partial charge in [0, 0.05) is 24.4 Å². The number of rotatable bonds is 4. The van der Waals surface area contributed by atoms with Crippen LogP contribution in [0.15, 0.2) is 53.6 Å². The summed E-state index contributed by atoms with van der Waals surface area (Å²) in [5, 5.41) is 2.93. The molecule has 6 heteroatoms. The van der Waals surface area contributed by atoms with Crippen LogP contribution in [0.1, 0.15) is 47.2 Å². The molecule has 5 nitrogen and oxygen atoms in total. The highest BCUT2D eigenvalue weighted by molar-refractivity contribution is 5.93. The minimum Gasteiger partial charge on any atom is -0.351 e. The number of hydrogen-bond donors (Lipinski definition) is 1. The third-order valence-corrected chi connectivity index (χ3v) is 5.71. The minimum absolute atomic E-state index is 0.0219. The molecule has 0 spiro atoms. The van der Waals surface area contributed by atoms with Crippen LogP contribution in [-0.2, 0) is 5.41 Å². The van der Waals surface area contributed by atoms with Crippen molar-refractivity contribution < 1.29 is 9.18 Å². The first kappa shape index (κ1) is 18.3. The number of halogens is 1. The number of aryl methyl sites for hydroxylation is 1. The molecule has 0 saturated heterocycles. The molecule has 2 heterocycles. The van der Waals surface area contributed by atoms with Gasteiger partial charge in [0.15, 0.2) is 0 Å². The monoisotopic (exact) mass is 379 g/mol. The standard InChI is InChI=1S/C22H22FN3O2/c1-15-8-11-26-19(12-15)24-13-18(21(26)28)20(27)25-14-22(9-2-3-10-22)16-4-6-17(23)7-5-16/h4-8,11-13H,2-3,9-10,14H2,1H3,(H,25,27). The number of amides is 1. The maximum Gasteiger partial charge on any atom is 0.270 e. The smallest absolute Gasteiger partial charge is 0.270 e. The number of aromatic nitrogens is 2. The predicted octanol–water partition coefficient (Wildman–Crippen LogP) is 3.38. The van der Waals surface area contributed by atoms with Gasteiger partial charge >= 0.3 is 0 Å². The summed E-state index contributed by atoms with van der Waals surface area (Å²) >= 11 is 0. The van der Waals surface area contributed by atoms with Crippen molar-refractivity contribution in [3.05, 3.63) is 81.7 Å². The Morgan fingerprint density at radius 2 is 1.93 bits per heavy atom. The van der Waals surface area contributed by atoms with Gasteiger partial charge in [-0.2, -0.15) is 0 Å². The fourth-order valence-corrected chi connectivity index (χ4v) is 4.10. The predicted molar refractivity (Wildman–Crippen MR) is 105 cm³/mol. The summed E-state index contributed by atoms with van der Waals surface area (Å²) in [6.07, 6.45) is 6.94. The zero-order valence-electron chi connectivity index (χ0n) is 15.7. The summed E-state index contributed by atoms with van der Waals surface area (Å²) in [5.41, 5.74) is 1.95. The van der Waals surface area contributed by atoms with Gasteiger partial charge in [0.05, 0.1) is 0 Å². The average molecular weight is 379 g/mol. The summed E-state index contributed by atoms with van der Waals surface area (Å²) in [4.78, 5) is 29.7. The van der Waals surface area contributed by atoms with Gasteiger partial charge in [-0.15, -0.1) is 0 Å². The Labute approximate surface area is 162 Å². The second kappa shape index (κ2) is 7.19. The number of fused-ring (bicyclic) bond motifs is 1. The molecule has 0 atom stereocenters. The lowest BCUT2D eigenvalue weighted by Gasteiger charge is -2.30. The summed E-state index contributed by atoms with van der Waals surface area (Å²) in [6.45, 7) is 2.33. The molecule has 0 bridgehead atoms. The highest BCUT2D eigenvalue weighted by Gasteiger charge is 2.36. The van der Waals surface area contributed by atoms with Crippen LogP contribution in [0.5, 0.6) is 0 Å². The van der Waals surface area contributed by atoms with Crippen molar-refractivity contribution in [2.24, 2.45) is 0 Å². The van der Waals surface area contributed by atoms with Crippen LogP contribution in [0.2, 0.25) is 0 Å². The van der Waals surface area contributed by atoms with Gasteiger partial charge < -0.3 is 5.32 Å². The molecule has 1 saturated carbocycles. The van der Waals surface area contributed by atoms with Gasteiger partial charge in [-0.3, -0.25) is 14.0 Å². The van der Waals surface area contributed by atoms with Crippen LogP contribution in [0, 0.1) is 12.7 Å². The number of hydrogen-bond acceptors (Lipinski definition) is 3. The first-order valence-electron chi connectivity index (χ1n) is 9.51. The van der Waals surface area contributed by atoms with E-state index in [1.54, 1.807) is 30.5 Å². The van der Waals surface area contributed by atoms with E-state index in [1.807, 2.05) is 6.92 Å². The lowest BCUT2D eigenvalue weighted by atomic mass is 9.78. The lowest BCUT2D eigenvalue weighted by Crippen LogP contribution is -2.41. The van der Waals surface area contributed by atoms with Crippen LogP contribution in [-0.4, -0.2) is 21.8 Å². The second-order valence-electron chi connectivity index (χ2n) is 7.59. The fraction of sp³-hybridized carbons (Fsp3) is 0.318. The van der Waals surface area contributed by atoms with Crippen molar-refractivity contribution in [3.63, 3.8) is 0 Å². The van der Waals surface area contributed by atoms with Crippen LogP contribution >= 0.6 is 0 Å². The Morgan fingerprint density at radius 1 is 1.21 bits per heavy atom. The van der Waals surface area contributed by atoms with Crippen molar-refractivity contribution in [1.82, 2.24) is 14.7 Å². The van der Waals surface area contributed by atoms with Gasteiger partial charge in [-0.05, 0) is 55.2 Å². The number of carbonyl (C=O) groups is 1. The van der Waals surface area contributed by atoms with E-state index in [0.29, 0.717) is 12.2 Å². The number of nitrogens with one attached hydrogen (secondary N) is 1. The van der Waals surface area contributed by atoms with Crippen LogP contribution in [0.4, 0.5) is 4.39 Å². The maximum atomic E-state index is 13.3. The number of pyridine rings is 1. The van der Waals surface area contributed by atoms with E-state index in [-0.39, 0.29) is 22.4 Å². The van der Waals surface area contributed by atoms with E-state index < -0.39 is 5.91 Å². The Bertz CT molecular complexity index is 1080. The highest BCUT2D eigenvalue weighted by Crippen LogP contribution is 2.40. The molecule has 3 aromatic rings. The van der Waals surface area contributed by atoms with E-state index in [4.69, 9.17) is 0 Å². The zero-order chi connectivity index (χ0) is 19.7. The molecule has 4 rings (SSSR count). The number of benzene rings is 1. The van der Waals surface area contributed by atoms with Crippen molar-refractivity contribution in [1.29, 1.82) is 0 Å². The van der Waals surface area contributed by atoms with E-state index in [1.165, 1.54) is 22.7 Å². The molecule has 2 aromatic heterocycles. The SMILES string of the molecule is Cc1ccn2c(=O)c(C(=O)NCC3(c4ccc(F)cc4)CCCC3)cnc2c1. The Kier molecular flexibility index (Phi) is 4.71. The molecule has 1 aliphatic carbocycles. The molecule has 28 heavy (non-hydrogen) atoms. The molecule has 1 amide bonds. The van der Waals surface area contributed by atoms with Gasteiger partial charge in [0.1, 0.15) is 17.0 Å². The summed E-state index contributed by atoms with van der Waals surface area (Å²) in [6, 6.07) is 10.1. The molecule has 1 N–H and O–H groups in total. The van der Waals surface area contributed by atoms with Crippen molar-refractivity contribution in [2.75, 3.05) is 6.54 Å². The van der Waals surface area contributed by atoms with Crippen molar-refractivity contribution in [2.45, 2.75) is 38.0 Å². The largest absolute Gasteiger partial charge is 0.351 e. The topological polar surface area (TPSA) is 63.5 Å². The number of nitrogens with zero attached hydrogens (tertiary/aromatic N) is 2. The van der Waals surface area contributed by atoms with Crippen LogP contribution in [0.3, 0.4) is 0 Å². The average Bonchev–Trinajstić information content (AvgIpc) is 3.17. The van der Waals surface area contributed by atoms with Gasteiger partial charge in [-0.1, -0.05) is 25.0 Å². The summed E-state index contributed by atoms with van der Waals surface area (Å²) in [7, 11) is 0. The molecular weight excluding hydrogens is 357 g/mol. The molecule has 1 aliphatic rings.